The summed E-state index contributed by atoms with van der Waals surface area (Å²) >= 11 is 5.60. The van der Waals surface area contributed by atoms with Crippen molar-refractivity contribution >= 4 is 33.3 Å². The van der Waals surface area contributed by atoms with Gasteiger partial charge in [0.05, 0.1) is 29.5 Å². The highest BCUT2D eigenvalue weighted by atomic mass is 35.5. The van der Waals surface area contributed by atoms with Gasteiger partial charge in [-0.05, 0) is 19.1 Å². The predicted molar refractivity (Wildman–Crippen MR) is 71.8 cm³/mol. The van der Waals surface area contributed by atoms with E-state index in [1.807, 2.05) is 0 Å². The normalized spacial score (nSPS) is 11.1. The van der Waals surface area contributed by atoms with Crippen molar-refractivity contribution in [3.05, 3.63) is 23.2 Å². The Bertz CT molecular complexity index is 558. The minimum Gasteiger partial charge on any atom is -0.506 e. The van der Waals surface area contributed by atoms with Gasteiger partial charge in [0.2, 0.25) is 10.0 Å². The monoisotopic (exact) mass is 307 g/mol. The number of carbonyl (C=O) groups is 1. The van der Waals surface area contributed by atoms with Gasteiger partial charge in [0.25, 0.3) is 0 Å². The number of hydrogen-bond donors (Lipinski definition) is 2. The highest BCUT2D eigenvalue weighted by Crippen LogP contribution is 2.26. The second-order valence-electron chi connectivity index (χ2n) is 3.64. The van der Waals surface area contributed by atoms with Gasteiger partial charge in [0.15, 0.2) is 0 Å². The zero-order valence-electron chi connectivity index (χ0n) is 10.2. The van der Waals surface area contributed by atoms with Gasteiger partial charge in [-0.25, -0.2) is 8.42 Å². The Morgan fingerprint density at radius 3 is 2.74 bits per heavy atom. The molecule has 0 bridgehead atoms. The van der Waals surface area contributed by atoms with E-state index in [0.717, 1.165) is 0 Å². The average molecular weight is 308 g/mol. The molecule has 0 unspecified atom stereocenters. The molecule has 0 saturated carbocycles. The standard InChI is InChI=1S/C11H14ClNO5S/c1-2-18-11(15)5-6-19(16,17)13-8-3-4-9(12)10(14)7-8/h3-4,7,13-14H,2,5-6H2,1H3. The molecule has 0 aliphatic heterocycles. The number of sulfonamides is 1. The first-order valence-electron chi connectivity index (χ1n) is 5.48. The van der Waals surface area contributed by atoms with Crippen LogP contribution in [0.25, 0.3) is 0 Å². The van der Waals surface area contributed by atoms with Crippen LogP contribution in [-0.4, -0.2) is 31.9 Å². The first-order valence-corrected chi connectivity index (χ1v) is 7.51. The summed E-state index contributed by atoms with van der Waals surface area (Å²) in [6.45, 7) is 1.85. The molecule has 1 aromatic rings. The first kappa shape index (κ1) is 15.6. The van der Waals surface area contributed by atoms with Gasteiger partial charge in [-0.15, -0.1) is 0 Å². The van der Waals surface area contributed by atoms with Crippen LogP contribution >= 0.6 is 11.6 Å². The number of ether oxygens (including phenoxy) is 1. The number of anilines is 1. The SMILES string of the molecule is CCOC(=O)CCS(=O)(=O)Nc1ccc(Cl)c(O)c1. The molecule has 2 N–H and O–H groups in total. The van der Waals surface area contributed by atoms with Gasteiger partial charge >= 0.3 is 5.97 Å². The Morgan fingerprint density at radius 1 is 1.47 bits per heavy atom. The third-order valence-corrected chi connectivity index (χ3v) is 3.71. The summed E-state index contributed by atoms with van der Waals surface area (Å²) < 4.78 is 30.2. The fraction of sp³-hybridized carbons (Fsp3) is 0.364. The largest absolute Gasteiger partial charge is 0.506 e. The molecule has 0 heterocycles. The van der Waals surface area contributed by atoms with Crippen LogP contribution in [0.2, 0.25) is 5.02 Å². The third kappa shape index (κ3) is 5.35. The van der Waals surface area contributed by atoms with E-state index in [0.29, 0.717) is 0 Å². The zero-order chi connectivity index (χ0) is 14.5. The lowest BCUT2D eigenvalue weighted by atomic mass is 10.3. The number of phenols is 1. The number of phenolic OH excluding ortho intramolecular Hbond substituents is 1. The molecule has 0 saturated heterocycles. The molecule has 0 spiro atoms. The van der Waals surface area contributed by atoms with Gasteiger partial charge in [0.1, 0.15) is 5.75 Å². The molecule has 106 valence electrons. The number of aromatic hydroxyl groups is 1. The number of halogens is 1. The maximum absolute atomic E-state index is 11.7. The maximum Gasteiger partial charge on any atom is 0.306 e. The average Bonchev–Trinajstić information content (AvgIpc) is 2.32. The number of benzene rings is 1. The molecule has 6 nitrogen and oxygen atoms in total. The smallest absolute Gasteiger partial charge is 0.306 e. The van der Waals surface area contributed by atoms with Crippen LogP contribution in [0, 0.1) is 0 Å². The molecular formula is C11H14ClNO5S. The van der Waals surface area contributed by atoms with Gasteiger partial charge < -0.3 is 9.84 Å². The highest BCUT2D eigenvalue weighted by molar-refractivity contribution is 7.92. The second-order valence-corrected chi connectivity index (χ2v) is 5.89. The topological polar surface area (TPSA) is 92.7 Å². The summed E-state index contributed by atoms with van der Waals surface area (Å²) in [6.07, 6.45) is -0.233. The van der Waals surface area contributed by atoms with Crippen molar-refractivity contribution in [2.45, 2.75) is 13.3 Å². The minimum atomic E-state index is -3.68. The highest BCUT2D eigenvalue weighted by Gasteiger charge is 2.14. The number of nitrogens with one attached hydrogen (secondary N) is 1. The molecule has 0 atom stereocenters. The van der Waals surface area contributed by atoms with Crippen molar-refractivity contribution in [3.8, 4) is 5.75 Å². The molecule has 0 aromatic heterocycles. The Morgan fingerprint density at radius 2 is 2.16 bits per heavy atom. The lowest BCUT2D eigenvalue weighted by Gasteiger charge is -2.08. The Kier molecular flexibility index (Phi) is 5.44. The van der Waals surface area contributed by atoms with E-state index in [-0.39, 0.29) is 29.5 Å². The van der Waals surface area contributed by atoms with Gasteiger partial charge in [-0.1, -0.05) is 11.6 Å². The molecule has 19 heavy (non-hydrogen) atoms. The fourth-order valence-electron chi connectivity index (χ4n) is 1.26. The lowest BCUT2D eigenvalue weighted by molar-refractivity contribution is -0.142. The molecule has 0 aliphatic carbocycles. The first-order chi connectivity index (χ1) is 8.84. The molecule has 1 aromatic carbocycles. The maximum atomic E-state index is 11.7. The lowest BCUT2D eigenvalue weighted by Crippen LogP contribution is -2.19. The van der Waals surface area contributed by atoms with Crippen LogP contribution in [0.3, 0.4) is 0 Å². The second kappa shape index (κ2) is 6.63. The van der Waals surface area contributed by atoms with Crippen molar-refractivity contribution < 1.29 is 23.1 Å². The zero-order valence-corrected chi connectivity index (χ0v) is 11.8. The van der Waals surface area contributed by atoms with Crippen molar-refractivity contribution in [1.29, 1.82) is 0 Å². The summed E-state index contributed by atoms with van der Waals surface area (Å²) in [4.78, 5) is 11.1. The molecule has 0 amide bonds. The summed E-state index contributed by atoms with van der Waals surface area (Å²) in [5.41, 5.74) is 0.172. The van der Waals surface area contributed by atoms with Crippen molar-refractivity contribution in [3.63, 3.8) is 0 Å². The number of carbonyl (C=O) groups excluding carboxylic acids is 1. The van der Waals surface area contributed by atoms with Crippen LogP contribution in [0.4, 0.5) is 5.69 Å². The molecule has 0 fully saturated rings. The van der Waals surface area contributed by atoms with Crippen LogP contribution in [0.5, 0.6) is 5.75 Å². The van der Waals surface area contributed by atoms with E-state index in [1.165, 1.54) is 18.2 Å². The van der Waals surface area contributed by atoms with E-state index < -0.39 is 21.7 Å². The minimum absolute atomic E-state index is 0.120. The molecule has 8 heteroatoms. The van der Waals surface area contributed by atoms with Crippen molar-refractivity contribution in [2.75, 3.05) is 17.1 Å². The van der Waals surface area contributed by atoms with Crippen molar-refractivity contribution in [2.24, 2.45) is 0 Å². The molecule has 0 radical (unpaired) electrons. The Balaban J connectivity index is 2.64. The molecule has 0 aliphatic rings. The van der Waals surface area contributed by atoms with Crippen LogP contribution in [0.15, 0.2) is 18.2 Å². The van der Waals surface area contributed by atoms with E-state index in [9.17, 15) is 18.3 Å². The number of esters is 1. The number of hydrogen-bond acceptors (Lipinski definition) is 5. The van der Waals surface area contributed by atoms with E-state index in [4.69, 9.17) is 11.6 Å². The summed E-state index contributed by atoms with van der Waals surface area (Å²) in [6, 6.07) is 3.95. The summed E-state index contributed by atoms with van der Waals surface area (Å²) in [7, 11) is -3.68. The van der Waals surface area contributed by atoms with Gasteiger partial charge in [-0.2, -0.15) is 0 Å². The quantitative estimate of drug-likeness (QED) is 0.781. The van der Waals surface area contributed by atoms with Gasteiger partial charge in [0, 0.05) is 6.07 Å². The van der Waals surface area contributed by atoms with Crippen LogP contribution in [0.1, 0.15) is 13.3 Å². The molecular weight excluding hydrogens is 294 g/mol. The van der Waals surface area contributed by atoms with Crippen molar-refractivity contribution in [1.82, 2.24) is 0 Å². The number of rotatable bonds is 6. The Labute approximate surface area is 116 Å². The van der Waals surface area contributed by atoms with Crippen LogP contribution in [-0.2, 0) is 19.6 Å². The van der Waals surface area contributed by atoms with E-state index in [1.54, 1.807) is 6.92 Å². The molecule has 1 rings (SSSR count). The predicted octanol–water partition coefficient (Wildman–Crippen LogP) is 1.74. The van der Waals surface area contributed by atoms with E-state index >= 15 is 0 Å². The summed E-state index contributed by atoms with van der Waals surface area (Å²) in [5.74, 6) is -1.20. The third-order valence-electron chi connectivity index (χ3n) is 2.10. The summed E-state index contributed by atoms with van der Waals surface area (Å²) in [5, 5.41) is 9.46. The van der Waals surface area contributed by atoms with E-state index in [2.05, 4.69) is 9.46 Å². The Hall–Kier alpha value is -1.47. The fourth-order valence-corrected chi connectivity index (χ4v) is 2.40. The van der Waals surface area contributed by atoms with Crippen LogP contribution < -0.4 is 4.72 Å². The van der Waals surface area contributed by atoms with Gasteiger partial charge in [-0.3, -0.25) is 9.52 Å².